The predicted molar refractivity (Wildman–Crippen MR) is 27.8 cm³/mol. The van der Waals surface area contributed by atoms with Crippen molar-refractivity contribution < 1.29 is 49.6 Å². The van der Waals surface area contributed by atoms with Crippen LogP contribution < -0.4 is 35.5 Å². The molecular weight excluding hydrogens is 156 g/mol. The van der Waals surface area contributed by atoms with E-state index in [9.17, 15) is 4.57 Å². The molecule has 0 aromatic heterocycles. The molecule has 0 aliphatic rings. The monoisotopic (exact) mass is 165 g/mol. The summed E-state index contributed by atoms with van der Waals surface area (Å²) in [6.45, 7) is 1.66. The number of nitrogens with two attached hydrogens (primary N) is 1. The van der Waals surface area contributed by atoms with Crippen LogP contribution in [0.4, 0.5) is 0 Å². The van der Waals surface area contributed by atoms with Crippen molar-refractivity contribution in [3.8, 4) is 0 Å². The van der Waals surface area contributed by atoms with Crippen molar-refractivity contribution in [1.29, 1.82) is 0 Å². The topological polar surface area (TPSA) is 81.8 Å². The molecule has 0 heterocycles. The van der Waals surface area contributed by atoms with Gasteiger partial charge in [-0.2, -0.15) is 0 Å². The molecule has 0 aliphatic heterocycles. The number of phosphoric ester groups is 1. The quantitative estimate of drug-likeness (QED) is 0.267. The second kappa shape index (κ2) is 5.82. The van der Waals surface area contributed by atoms with Gasteiger partial charge in [0, 0.05) is 0 Å². The molecule has 52 valence electrons. The number of hydrogen-bond acceptors (Lipinski definition) is 4. The van der Waals surface area contributed by atoms with E-state index in [2.05, 4.69) is 15.0 Å². The first-order valence-corrected chi connectivity index (χ1v) is 3.47. The average Bonchev–Trinajstić information content (AvgIpc) is 1.67. The van der Waals surface area contributed by atoms with E-state index >= 15 is 0 Å². The van der Waals surface area contributed by atoms with E-state index < -0.39 is 7.82 Å². The molecule has 3 N–H and O–H groups in total. The zero-order valence-corrected chi connectivity index (χ0v) is 8.30. The smallest absolute Gasteiger partial charge is 1.00 e. The maximum Gasteiger partial charge on any atom is 1.00 e. The normalized spacial score (nSPS) is 15.9. The Labute approximate surface area is 76.9 Å². The van der Waals surface area contributed by atoms with Crippen LogP contribution in [0.3, 0.4) is 0 Å². The summed E-state index contributed by atoms with van der Waals surface area (Å²) in [5, 5.41) is 0. The summed E-state index contributed by atoms with van der Waals surface area (Å²) >= 11 is 0. The Morgan fingerprint density at radius 1 is 1.89 bits per heavy atom. The van der Waals surface area contributed by atoms with E-state index in [1.165, 1.54) is 0 Å². The second-order valence-electron chi connectivity index (χ2n) is 0.992. The summed E-state index contributed by atoms with van der Waals surface area (Å²) in [6.07, 6.45) is 0. The third kappa shape index (κ3) is 6.96. The number of hydrogen-bond donors (Lipinski definition) is 2. The van der Waals surface area contributed by atoms with Crippen LogP contribution >= 0.6 is 7.82 Å². The van der Waals surface area contributed by atoms with Crippen LogP contribution in [-0.2, 0) is 13.7 Å². The Hall–Kier alpha value is 1.07. The van der Waals surface area contributed by atoms with Crippen molar-refractivity contribution >= 4 is 7.82 Å². The van der Waals surface area contributed by atoms with Crippen molar-refractivity contribution in [2.45, 2.75) is 6.92 Å². The van der Waals surface area contributed by atoms with Gasteiger partial charge in [-0.3, -0.25) is 4.52 Å². The van der Waals surface area contributed by atoms with Crippen LogP contribution in [0.25, 0.3) is 0 Å². The van der Waals surface area contributed by atoms with Gasteiger partial charge in [-0.05, 0) is 6.92 Å². The first-order chi connectivity index (χ1) is 3.62. The fourth-order valence-electron chi connectivity index (χ4n) is 0.194. The third-order valence-electron chi connectivity index (χ3n) is 0.425. The Morgan fingerprint density at radius 3 is 2.44 bits per heavy atom. The predicted octanol–water partition coefficient (Wildman–Crippen LogP) is -2.87. The molecule has 0 saturated heterocycles. The molecule has 0 bridgehead atoms. The first-order valence-electron chi connectivity index (χ1n) is 1.98. The zero-order valence-electron chi connectivity index (χ0n) is 6.40. The molecule has 1 atom stereocenters. The summed E-state index contributed by atoms with van der Waals surface area (Å²) in [6, 6.07) is 0. The molecule has 0 saturated carbocycles. The maximum atomic E-state index is 10.2. The molecule has 0 fully saturated rings. The van der Waals surface area contributed by atoms with E-state index in [4.69, 9.17) is 4.89 Å². The summed E-state index contributed by atoms with van der Waals surface area (Å²) in [4.78, 5) is 8.31. The fraction of sp³-hybridized carbons (Fsp3) is 1.00. The fourth-order valence-corrected chi connectivity index (χ4v) is 0.581. The minimum absolute atomic E-state index is 0. The van der Waals surface area contributed by atoms with Gasteiger partial charge in [0.15, 0.2) is 0 Å². The van der Waals surface area contributed by atoms with Crippen molar-refractivity contribution in [3.05, 3.63) is 0 Å². The SMILES string of the molecule is CCOP(=O)(O)ON.[H-].[Na+]. The van der Waals surface area contributed by atoms with Gasteiger partial charge in [-0.15, -0.1) is 0 Å². The molecular formula is C2H9NNaO4P. The minimum Gasteiger partial charge on any atom is -1.00 e. The van der Waals surface area contributed by atoms with Crippen molar-refractivity contribution in [3.63, 3.8) is 0 Å². The summed E-state index contributed by atoms with van der Waals surface area (Å²) in [5.41, 5.74) is 0. The number of rotatable bonds is 3. The molecule has 5 nitrogen and oxygen atoms in total. The van der Waals surface area contributed by atoms with Gasteiger partial charge in [0.2, 0.25) is 0 Å². The zero-order chi connectivity index (χ0) is 6.62. The standard InChI is InChI=1S/C2H8NO4P.Na.H/c1-2-6-8(4,5)7-3;;/h2-3H2,1H3,(H,4,5);;/q;+1;-1. The Morgan fingerprint density at radius 2 is 2.33 bits per heavy atom. The summed E-state index contributed by atoms with van der Waals surface area (Å²) < 4.78 is 17.9. The van der Waals surface area contributed by atoms with E-state index in [0.717, 1.165) is 0 Å². The average molecular weight is 165 g/mol. The molecule has 7 heteroatoms. The maximum absolute atomic E-state index is 10.2. The Balaban J connectivity index is -0.000000245. The number of phosphoric acid groups is 1. The molecule has 0 spiro atoms. The van der Waals surface area contributed by atoms with Crippen molar-refractivity contribution in [1.82, 2.24) is 0 Å². The van der Waals surface area contributed by atoms with Gasteiger partial charge >= 0.3 is 37.4 Å². The minimum atomic E-state index is -3.90. The van der Waals surface area contributed by atoms with E-state index in [1.54, 1.807) is 6.92 Å². The van der Waals surface area contributed by atoms with Gasteiger partial charge in [-0.1, -0.05) is 0 Å². The third-order valence-corrected chi connectivity index (χ3v) is 1.28. The molecule has 1 unspecified atom stereocenters. The molecule has 0 aliphatic carbocycles. The van der Waals surface area contributed by atoms with Gasteiger partial charge in [0.05, 0.1) is 6.61 Å². The van der Waals surface area contributed by atoms with Crippen molar-refractivity contribution in [2.24, 2.45) is 5.90 Å². The largest absolute Gasteiger partial charge is 1.00 e. The van der Waals surface area contributed by atoms with Gasteiger partial charge in [0.1, 0.15) is 0 Å². The van der Waals surface area contributed by atoms with Crippen LogP contribution in [0.5, 0.6) is 0 Å². The van der Waals surface area contributed by atoms with Gasteiger partial charge in [0.25, 0.3) is 0 Å². The molecule has 9 heavy (non-hydrogen) atoms. The van der Waals surface area contributed by atoms with Crippen LogP contribution in [0, 0.1) is 0 Å². The summed E-state index contributed by atoms with van der Waals surface area (Å²) in [7, 11) is -3.90. The van der Waals surface area contributed by atoms with E-state index in [1.807, 2.05) is 0 Å². The van der Waals surface area contributed by atoms with Crippen LogP contribution in [-0.4, -0.2) is 11.5 Å². The molecule has 0 amide bonds. The second-order valence-corrected chi connectivity index (χ2v) is 2.40. The summed E-state index contributed by atoms with van der Waals surface area (Å²) in [5.74, 6) is 4.35. The molecule has 0 aromatic carbocycles. The molecule has 0 rings (SSSR count). The van der Waals surface area contributed by atoms with E-state index in [-0.39, 0.29) is 37.6 Å². The van der Waals surface area contributed by atoms with Gasteiger partial charge < -0.3 is 6.32 Å². The van der Waals surface area contributed by atoms with Crippen LogP contribution in [0.15, 0.2) is 0 Å². The van der Waals surface area contributed by atoms with Crippen LogP contribution in [0.2, 0.25) is 0 Å². The first kappa shape index (κ1) is 12.7. The van der Waals surface area contributed by atoms with E-state index in [0.29, 0.717) is 0 Å². The van der Waals surface area contributed by atoms with Crippen molar-refractivity contribution in [2.75, 3.05) is 6.61 Å². The molecule has 0 radical (unpaired) electrons. The van der Waals surface area contributed by atoms with Gasteiger partial charge in [-0.25, -0.2) is 15.1 Å². The molecule has 0 aromatic rings. The Kier molecular flexibility index (Phi) is 8.23. The van der Waals surface area contributed by atoms with Crippen LogP contribution in [0.1, 0.15) is 8.35 Å². The Bertz CT molecular complexity index is 113.